The molecule has 1 N–H and O–H groups in total. The van der Waals surface area contributed by atoms with E-state index in [0.29, 0.717) is 29.5 Å². The molecule has 2 aromatic rings. The summed E-state index contributed by atoms with van der Waals surface area (Å²) in [4.78, 5) is 12.6. The van der Waals surface area contributed by atoms with Crippen molar-refractivity contribution in [3.8, 4) is 17.2 Å². The van der Waals surface area contributed by atoms with Crippen LogP contribution in [-0.2, 0) is 14.6 Å². The number of fused-ring (bicyclic) bond motifs is 1. The van der Waals surface area contributed by atoms with Crippen LogP contribution in [0.5, 0.6) is 17.2 Å². The topological polar surface area (TPSA) is 109 Å². The number of carbonyl (C=O) groups is 1. The van der Waals surface area contributed by atoms with E-state index >= 15 is 0 Å². The maximum atomic E-state index is 12.6. The molecule has 2 atom stereocenters. The number of anilines is 1. The lowest BCUT2D eigenvalue weighted by Gasteiger charge is -2.26. The van der Waals surface area contributed by atoms with Gasteiger partial charge < -0.3 is 19.5 Å². The molecule has 1 saturated heterocycles. The molecule has 1 aromatic heterocycles. The number of hydrogen-bond acceptors (Lipinski definition) is 7. The third-order valence-electron chi connectivity index (χ3n) is 5.77. The number of rotatable bonds is 5. The summed E-state index contributed by atoms with van der Waals surface area (Å²) in [6.45, 7) is 1.88. The minimum atomic E-state index is -3.09. The first-order valence-corrected chi connectivity index (χ1v) is 11.5. The average molecular weight is 436 g/mol. The van der Waals surface area contributed by atoms with E-state index < -0.39 is 9.84 Å². The Morgan fingerprint density at radius 3 is 2.33 bits per heavy atom. The van der Waals surface area contributed by atoms with Crippen LogP contribution in [-0.4, -0.2) is 56.9 Å². The Bertz CT molecular complexity index is 1080. The predicted octanol–water partition coefficient (Wildman–Crippen LogP) is 2.05. The van der Waals surface area contributed by atoms with E-state index in [2.05, 4.69) is 10.4 Å². The molecule has 0 aliphatic carbocycles. The second kappa shape index (κ2) is 7.50. The van der Waals surface area contributed by atoms with E-state index in [1.165, 1.54) is 7.11 Å². The van der Waals surface area contributed by atoms with Gasteiger partial charge in [0.1, 0.15) is 5.82 Å². The fraction of sp³-hybridized carbons (Fsp3) is 0.500. The van der Waals surface area contributed by atoms with Gasteiger partial charge in [0.15, 0.2) is 21.3 Å². The van der Waals surface area contributed by atoms with Crippen LogP contribution in [0.15, 0.2) is 12.1 Å². The van der Waals surface area contributed by atoms with Crippen molar-refractivity contribution >= 4 is 21.6 Å². The SMILES string of the molecule is COc1cc([C@H]2CC(=O)Nc3c2c(C)nn3[C@@H]2CCS(=O)(=O)C2)cc(OC)c1OC. The number of nitrogens with zero attached hydrogens (tertiary/aromatic N) is 2. The molecule has 0 unspecified atom stereocenters. The number of hydrogen-bond donors (Lipinski definition) is 1. The summed E-state index contributed by atoms with van der Waals surface area (Å²) in [7, 11) is 1.54. The van der Waals surface area contributed by atoms with E-state index in [-0.39, 0.29) is 35.8 Å². The molecule has 2 aliphatic rings. The number of nitrogens with one attached hydrogen (secondary N) is 1. The highest BCUT2D eigenvalue weighted by atomic mass is 32.2. The van der Waals surface area contributed by atoms with E-state index in [1.807, 2.05) is 19.1 Å². The van der Waals surface area contributed by atoms with Gasteiger partial charge in [-0.25, -0.2) is 13.1 Å². The van der Waals surface area contributed by atoms with E-state index in [1.54, 1.807) is 18.9 Å². The van der Waals surface area contributed by atoms with Crippen molar-refractivity contribution in [1.29, 1.82) is 0 Å². The van der Waals surface area contributed by atoms with Crippen LogP contribution >= 0.6 is 0 Å². The summed E-state index contributed by atoms with van der Waals surface area (Å²) in [5.41, 5.74) is 2.48. The van der Waals surface area contributed by atoms with Crippen molar-refractivity contribution in [2.45, 2.75) is 31.7 Å². The summed E-state index contributed by atoms with van der Waals surface area (Å²) in [5, 5.41) is 7.53. The minimum Gasteiger partial charge on any atom is -0.493 e. The number of sulfone groups is 1. The number of carbonyl (C=O) groups excluding carboxylic acids is 1. The Hall–Kier alpha value is -2.75. The first-order chi connectivity index (χ1) is 14.3. The smallest absolute Gasteiger partial charge is 0.226 e. The molecule has 2 aliphatic heterocycles. The molecule has 4 rings (SSSR count). The third kappa shape index (κ3) is 3.38. The number of benzene rings is 1. The van der Waals surface area contributed by atoms with Gasteiger partial charge in [0.2, 0.25) is 11.7 Å². The lowest BCUT2D eigenvalue weighted by atomic mass is 9.85. The lowest BCUT2D eigenvalue weighted by Crippen LogP contribution is -2.26. The van der Waals surface area contributed by atoms with E-state index in [0.717, 1.165) is 16.8 Å². The first-order valence-electron chi connectivity index (χ1n) is 9.67. The van der Waals surface area contributed by atoms with Gasteiger partial charge in [-0.3, -0.25) is 4.79 Å². The zero-order valence-electron chi connectivity index (χ0n) is 17.4. The Kier molecular flexibility index (Phi) is 5.13. The number of aromatic nitrogens is 2. The van der Waals surface area contributed by atoms with Gasteiger partial charge in [-0.2, -0.15) is 5.10 Å². The van der Waals surface area contributed by atoms with Crippen molar-refractivity contribution in [2.75, 3.05) is 38.2 Å². The first kappa shape index (κ1) is 20.5. The third-order valence-corrected chi connectivity index (χ3v) is 7.52. The monoisotopic (exact) mass is 435 g/mol. The van der Waals surface area contributed by atoms with Gasteiger partial charge in [0.25, 0.3) is 0 Å². The number of methoxy groups -OCH3 is 3. The molecule has 9 nitrogen and oxygen atoms in total. The molecule has 10 heteroatoms. The van der Waals surface area contributed by atoms with Gasteiger partial charge in [-0.15, -0.1) is 0 Å². The maximum Gasteiger partial charge on any atom is 0.226 e. The number of ether oxygens (including phenoxy) is 3. The Balaban J connectivity index is 1.83. The fourth-order valence-corrected chi connectivity index (χ4v) is 6.08. The molecule has 0 bridgehead atoms. The van der Waals surface area contributed by atoms with E-state index in [4.69, 9.17) is 14.2 Å². The molecule has 30 heavy (non-hydrogen) atoms. The summed E-state index contributed by atoms with van der Waals surface area (Å²) in [5.74, 6) is 1.81. The molecule has 0 radical (unpaired) electrons. The highest BCUT2D eigenvalue weighted by Gasteiger charge is 2.37. The van der Waals surface area contributed by atoms with Gasteiger partial charge in [0, 0.05) is 17.9 Å². The summed E-state index contributed by atoms with van der Waals surface area (Å²) >= 11 is 0. The van der Waals surface area contributed by atoms with E-state index in [9.17, 15) is 13.2 Å². The summed E-state index contributed by atoms with van der Waals surface area (Å²) < 4.78 is 42.0. The zero-order chi connectivity index (χ0) is 21.6. The standard InChI is InChI=1S/C20H25N3O6S/c1-11-18-14(12-7-15(27-2)19(29-4)16(8-12)28-3)9-17(24)21-20(18)23(22-11)13-5-6-30(25,26)10-13/h7-8,13-14H,5-6,9-10H2,1-4H3,(H,21,24)/t13-,14-/m1/s1. The van der Waals surface area contributed by atoms with Crippen LogP contribution in [0.25, 0.3) is 0 Å². The fourth-order valence-electron chi connectivity index (χ4n) is 4.39. The van der Waals surface area contributed by atoms with Crippen molar-refractivity contribution in [2.24, 2.45) is 0 Å². The second-order valence-corrected chi connectivity index (χ2v) is 9.84. The molecule has 0 saturated carbocycles. The molecular formula is C20H25N3O6S. The molecule has 0 spiro atoms. The normalized spacial score (nSPS) is 22.3. The summed E-state index contributed by atoms with van der Waals surface area (Å²) in [6, 6.07) is 3.40. The van der Waals surface area contributed by atoms with Gasteiger partial charge >= 0.3 is 0 Å². The highest BCUT2D eigenvalue weighted by Crippen LogP contribution is 2.46. The van der Waals surface area contributed by atoms with Crippen LogP contribution in [0, 0.1) is 6.92 Å². The van der Waals surface area contributed by atoms with Crippen molar-refractivity contribution < 1.29 is 27.4 Å². The van der Waals surface area contributed by atoms with Gasteiger partial charge in [0.05, 0.1) is 44.6 Å². The summed E-state index contributed by atoms with van der Waals surface area (Å²) in [6.07, 6.45) is 0.724. The van der Waals surface area contributed by atoms with Crippen LogP contribution in [0.4, 0.5) is 5.82 Å². The minimum absolute atomic E-state index is 0.0330. The highest BCUT2D eigenvalue weighted by molar-refractivity contribution is 7.91. The Morgan fingerprint density at radius 1 is 1.13 bits per heavy atom. The van der Waals surface area contributed by atoms with Crippen molar-refractivity contribution in [3.05, 3.63) is 29.0 Å². The Labute approximate surface area is 175 Å². The van der Waals surface area contributed by atoms with Crippen LogP contribution in [0.3, 0.4) is 0 Å². The predicted molar refractivity (Wildman–Crippen MR) is 110 cm³/mol. The molecule has 1 aromatic carbocycles. The van der Waals surface area contributed by atoms with Gasteiger partial charge in [-0.1, -0.05) is 0 Å². The van der Waals surface area contributed by atoms with Crippen molar-refractivity contribution in [3.63, 3.8) is 0 Å². The number of aryl methyl sites for hydroxylation is 1. The van der Waals surface area contributed by atoms with Crippen LogP contribution in [0.1, 0.15) is 41.6 Å². The van der Waals surface area contributed by atoms with Crippen molar-refractivity contribution in [1.82, 2.24) is 9.78 Å². The van der Waals surface area contributed by atoms with Crippen LogP contribution in [0.2, 0.25) is 0 Å². The molecule has 162 valence electrons. The maximum absolute atomic E-state index is 12.6. The second-order valence-electron chi connectivity index (χ2n) is 7.61. The molecule has 3 heterocycles. The largest absolute Gasteiger partial charge is 0.493 e. The lowest BCUT2D eigenvalue weighted by molar-refractivity contribution is -0.116. The average Bonchev–Trinajstić information content (AvgIpc) is 3.24. The number of amides is 1. The Morgan fingerprint density at radius 2 is 1.80 bits per heavy atom. The zero-order valence-corrected chi connectivity index (χ0v) is 18.2. The molecule has 1 amide bonds. The van der Waals surface area contributed by atoms with Crippen LogP contribution < -0.4 is 19.5 Å². The molecule has 1 fully saturated rings. The quantitative estimate of drug-likeness (QED) is 0.766. The van der Waals surface area contributed by atoms with Gasteiger partial charge in [-0.05, 0) is 31.0 Å². The molecular weight excluding hydrogens is 410 g/mol.